The summed E-state index contributed by atoms with van der Waals surface area (Å²) in [4.78, 5) is 28.3. The highest BCUT2D eigenvalue weighted by atomic mass is 32.2. The van der Waals surface area contributed by atoms with Crippen molar-refractivity contribution in [3.8, 4) is 17.2 Å². The van der Waals surface area contributed by atoms with Gasteiger partial charge in [-0.2, -0.15) is 4.31 Å². The molecule has 65 heavy (non-hydrogen) atoms. The minimum atomic E-state index is -4.18. The first kappa shape index (κ1) is 50.1. The van der Waals surface area contributed by atoms with E-state index < -0.39 is 66.7 Å². The van der Waals surface area contributed by atoms with Gasteiger partial charge in [0.2, 0.25) is 16.4 Å². The molecule has 3 aliphatic heterocycles. The summed E-state index contributed by atoms with van der Waals surface area (Å²) in [7, 11) is -6.79. The molecule has 0 bridgehead atoms. The van der Waals surface area contributed by atoms with Gasteiger partial charge in [0.1, 0.15) is 23.4 Å². The summed E-state index contributed by atoms with van der Waals surface area (Å²) in [5.74, 6) is 0.0898. The maximum absolute atomic E-state index is 14.3. The Morgan fingerprint density at radius 2 is 1.66 bits per heavy atom. The van der Waals surface area contributed by atoms with Crippen LogP contribution in [0.4, 0.5) is 4.79 Å². The van der Waals surface area contributed by atoms with E-state index in [1.807, 2.05) is 19.9 Å². The first-order valence-electron chi connectivity index (χ1n) is 21.9. The smallest absolute Gasteiger partial charge is 0.417 e. The quantitative estimate of drug-likeness (QED) is 0.0924. The number of carbonyl (C=O) groups is 2. The third-order valence-electron chi connectivity index (χ3n) is 11.0. The molecule has 6 rings (SSSR count). The van der Waals surface area contributed by atoms with E-state index in [2.05, 4.69) is 10.2 Å². The molecular formula is C45H62N3O15PS. The number of carbonyl (C=O) groups excluding carboxylic acids is 2. The molecule has 3 aromatic carbocycles. The Morgan fingerprint density at radius 3 is 2.35 bits per heavy atom. The highest BCUT2D eigenvalue weighted by Crippen LogP contribution is 2.50. The van der Waals surface area contributed by atoms with Gasteiger partial charge >= 0.3 is 19.7 Å². The molecule has 20 heteroatoms. The van der Waals surface area contributed by atoms with Crippen molar-refractivity contribution in [2.75, 3.05) is 72.7 Å². The lowest BCUT2D eigenvalue weighted by molar-refractivity contribution is -0.150. The van der Waals surface area contributed by atoms with Crippen molar-refractivity contribution in [2.24, 2.45) is 11.8 Å². The number of amides is 1. The second-order valence-corrected chi connectivity index (χ2v) is 20.3. The van der Waals surface area contributed by atoms with E-state index in [9.17, 15) is 27.7 Å². The van der Waals surface area contributed by atoms with Crippen LogP contribution < -0.4 is 19.3 Å². The molecule has 2 unspecified atom stereocenters. The summed E-state index contributed by atoms with van der Waals surface area (Å²) in [5.41, 5.74) is 1.56. The number of hydrogen-bond acceptors (Lipinski definition) is 16. The number of ether oxygens (including phenoxy) is 7. The number of hydrogen-bond donors (Lipinski definition) is 2. The molecule has 18 nitrogen and oxygen atoms in total. The Hall–Kier alpha value is -4.30. The number of aliphatic hydroxyl groups excluding tert-OH is 1. The zero-order chi connectivity index (χ0) is 46.6. The minimum Gasteiger partial charge on any atom is -0.497 e. The Labute approximate surface area is 381 Å². The average Bonchev–Trinajstić information content (AvgIpc) is 3.91. The Morgan fingerprint density at radius 1 is 0.938 bits per heavy atom. The fraction of sp³-hybridized carbons (Fsp3) is 0.556. The summed E-state index contributed by atoms with van der Waals surface area (Å²) in [5, 5.41) is 14.6. The van der Waals surface area contributed by atoms with Gasteiger partial charge in [0.25, 0.3) is 0 Å². The normalized spacial score (nSPS) is 21.2. The van der Waals surface area contributed by atoms with Gasteiger partial charge in [-0.3, -0.25) is 9.42 Å². The molecule has 0 spiro atoms. The van der Waals surface area contributed by atoms with Gasteiger partial charge in [-0.1, -0.05) is 38.1 Å². The Balaban J connectivity index is 1.17. The summed E-state index contributed by atoms with van der Waals surface area (Å²) in [6, 6.07) is 18.7. The minimum absolute atomic E-state index is 0.0215. The van der Waals surface area contributed by atoms with E-state index in [0.717, 1.165) is 18.7 Å². The maximum atomic E-state index is 14.3. The second-order valence-electron chi connectivity index (χ2n) is 16.5. The van der Waals surface area contributed by atoms with Crippen molar-refractivity contribution in [1.82, 2.24) is 14.5 Å². The fourth-order valence-corrected chi connectivity index (χ4v) is 10.8. The number of rotatable bonds is 23. The van der Waals surface area contributed by atoms with Crippen molar-refractivity contribution in [3.63, 3.8) is 0 Å². The molecule has 3 heterocycles. The largest absolute Gasteiger partial charge is 0.497 e. The van der Waals surface area contributed by atoms with Crippen LogP contribution in [0, 0.1) is 11.8 Å². The molecule has 0 aliphatic carbocycles. The van der Waals surface area contributed by atoms with Crippen LogP contribution >= 0.6 is 7.60 Å². The van der Waals surface area contributed by atoms with Crippen molar-refractivity contribution in [1.29, 1.82) is 0 Å². The summed E-state index contributed by atoms with van der Waals surface area (Å²) >= 11 is 0. The Kier molecular flexibility index (Phi) is 18.1. The lowest BCUT2D eigenvalue weighted by Gasteiger charge is -2.31. The topological polar surface area (TPSA) is 207 Å². The molecule has 0 aromatic heterocycles. The van der Waals surface area contributed by atoms with E-state index in [4.69, 9.17) is 42.2 Å². The van der Waals surface area contributed by atoms with Crippen LogP contribution in [0.5, 0.6) is 17.2 Å². The average molecular weight is 948 g/mol. The lowest BCUT2D eigenvalue weighted by atomic mass is 10.0. The zero-order valence-electron chi connectivity index (χ0n) is 37.6. The number of methoxy groups -OCH3 is 1. The number of fused-ring (bicyclic) bond motifs is 1. The number of sulfonamides is 1. The van der Waals surface area contributed by atoms with Crippen LogP contribution in [-0.4, -0.2) is 138 Å². The van der Waals surface area contributed by atoms with Crippen LogP contribution in [0.15, 0.2) is 77.7 Å². The lowest BCUT2D eigenvalue weighted by Crippen LogP contribution is -2.51. The molecule has 3 fully saturated rings. The zero-order valence-corrected chi connectivity index (χ0v) is 39.3. The summed E-state index contributed by atoms with van der Waals surface area (Å²) in [6.07, 6.45) is -4.30. The van der Waals surface area contributed by atoms with Gasteiger partial charge in [-0.05, 0) is 92.3 Å². The highest BCUT2D eigenvalue weighted by Gasteiger charge is 2.44. The monoisotopic (exact) mass is 947 g/mol. The van der Waals surface area contributed by atoms with Crippen LogP contribution in [0.2, 0.25) is 0 Å². The van der Waals surface area contributed by atoms with Gasteiger partial charge in [-0.15, -0.1) is 0 Å². The number of nitrogens with one attached hydrogen (secondary N) is 1. The molecule has 1 amide bonds. The molecule has 3 aliphatic rings. The number of morpholine rings is 1. The van der Waals surface area contributed by atoms with Gasteiger partial charge in [0.15, 0.2) is 12.4 Å². The third kappa shape index (κ3) is 14.3. The Bertz CT molecular complexity index is 2160. The third-order valence-corrected chi connectivity index (χ3v) is 14.4. The van der Waals surface area contributed by atoms with Crippen molar-refractivity contribution in [3.05, 3.63) is 83.9 Å². The summed E-state index contributed by atoms with van der Waals surface area (Å²) in [6.45, 7) is 10.8. The molecule has 2 N–H and O–H groups in total. The molecule has 358 valence electrons. The standard InChI is InChI=1S/C45H62N3O15PS/c1-6-57-43(50)32(4)62-64(52,63-37-9-7-8-34(24-37)27-47-19-22-56-23-20-47)30-60-36-12-10-33(11-13-36)25-40(46-45(51)61-42-29-59-44-39(42)18-21-58-44)41(49)28-48(26-31(2)3)65(53,54)38-16-14-35(55-5)15-17-38/h7-17,24,31-32,39-42,44,49H,6,18-23,25-30H2,1-5H3,(H,46,51)/t32-,39?,40-,41+,42-,44+,64?/m0/s1. The number of benzene rings is 3. The van der Waals surface area contributed by atoms with Crippen LogP contribution in [0.25, 0.3) is 0 Å². The van der Waals surface area contributed by atoms with E-state index in [1.54, 1.807) is 61.5 Å². The highest BCUT2D eigenvalue weighted by molar-refractivity contribution is 7.89. The van der Waals surface area contributed by atoms with Crippen LogP contribution in [-0.2, 0) is 60.6 Å². The number of alkyl carbamates (subject to hydrolysis) is 1. The number of esters is 1. The van der Waals surface area contributed by atoms with E-state index in [0.29, 0.717) is 44.1 Å². The van der Waals surface area contributed by atoms with Crippen molar-refractivity contribution in [2.45, 2.75) is 82.6 Å². The molecule has 0 radical (unpaired) electrons. The van der Waals surface area contributed by atoms with Gasteiger partial charge < -0.3 is 48.1 Å². The number of aliphatic hydroxyl groups is 1. The molecule has 7 atom stereocenters. The first-order valence-corrected chi connectivity index (χ1v) is 25.1. The predicted octanol–water partition coefficient (Wildman–Crippen LogP) is 5.21. The van der Waals surface area contributed by atoms with E-state index >= 15 is 0 Å². The first-order chi connectivity index (χ1) is 31.1. The fourth-order valence-electron chi connectivity index (χ4n) is 7.69. The molecule has 3 saturated heterocycles. The number of nitrogens with zero attached hydrogens (tertiary/aromatic N) is 2. The van der Waals surface area contributed by atoms with Gasteiger partial charge in [0.05, 0.1) is 63.1 Å². The van der Waals surface area contributed by atoms with Crippen LogP contribution in [0.3, 0.4) is 0 Å². The SMILES string of the molecule is CCOC(=O)[C@H](C)OP(=O)(COc1ccc(C[C@H](NC(=O)O[C@H]2CO[C@H]3OCCC32)[C@H](O)CN(CC(C)C)S(=O)(=O)c2ccc(OC)cc2)cc1)Oc1cccc(CN2CCOCC2)c1. The van der Waals surface area contributed by atoms with Gasteiger partial charge in [-0.25, -0.2) is 22.6 Å². The second kappa shape index (κ2) is 23.4. The van der Waals surface area contributed by atoms with E-state index in [-0.39, 0.29) is 61.0 Å². The van der Waals surface area contributed by atoms with Crippen LogP contribution in [0.1, 0.15) is 45.2 Å². The van der Waals surface area contributed by atoms with Gasteiger partial charge in [0, 0.05) is 32.7 Å². The molecule has 0 saturated carbocycles. The molecule has 3 aromatic rings. The molecular weight excluding hydrogens is 886 g/mol. The van der Waals surface area contributed by atoms with Crippen molar-refractivity contribution < 1.29 is 69.9 Å². The predicted molar refractivity (Wildman–Crippen MR) is 237 cm³/mol. The maximum Gasteiger partial charge on any atom is 0.417 e. The van der Waals surface area contributed by atoms with E-state index in [1.165, 1.54) is 30.5 Å². The van der Waals surface area contributed by atoms with Crippen molar-refractivity contribution >= 4 is 29.7 Å². The summed E-state index contributed by atoms with van der Waals surface area (Å²) < 4.78 is 94.0.